The van der Waals surface area contributed by atoms with Gasteiger partial charge in [0, 0.05) is 18.2 Å². The summed E-state index contributed by atoms with van der Waals surface area (Å²) in [5.74, 6) is -0.511. The fraction of sp³-hybridized carbons (Fsp3) is 0.235. The van der Waals surface area contributed by atoms with E-state index < -0.39 is 16.9 Å². The van der Waals surface area contributed by atoms with Gasteiger partial charge in [0.25, 0.3) is 5.69 Å². The molecule has 0 saturated heterocycles. The van der Waals surface area contributed by atoms with Crippen molar-refractivity contribution in [3.8, 4) is 5.75 Å². The Bertz CT molecular complexity index is 718. The van der Waals surface area contributed by atoms with Crippen molar-refractivity contribution in [2.75, 3.05) is 5.32 Å². The quantitative estimate of drug-likeness (QED) is 0.568. The number of nitro groups is 1. The van der Waals surface area contributed by atoms with Crippen LogP contribution in [0, 0.1) is 10.1 Å². The second kappa shape index (κ2) is 7.96. The Kier molecular flexibility index (Phi) is 5.73. The molecule has 7 nitrogen and oxygen atoms in total. The van der Waals surface area contributed by atoms with E-state index in [-0.39, 0.29) is 17.8 Å². The monoisotopic (exact) mass is 330 g/mol. The van der Waals surface area contributed by atoms with E-state index in [4.69, 9.17) is 9.84 Å². The van der Waals surface area contributed by atoms with Gasteiger partial charge in [0.05, 0.1) is 11.3 Å². The molecule has 0 heterocycles. The number of anilines is 1. The smallest absolute Gasteiger partial charge is 0.305 e. The normalized spacial score (nSPS) is 11.5. The lowest BCUT2D eigenvalue weighted by atomic mass is 10.2. The Hall–Kier alpha value is -3.09. The molecule has 0 saturated carbocycles. The number of nitrogens with zero attached hydrogens (tertiary/aromatic N) is 1. The standard InChI is InChI=1S/C17H18N2O5/c1-12(9-17(20)21)18-15-10-14(7-8-16(15)19(22)23)24-11-13-5-3-2-4-6-13/h2-8,10,12,18H,9,11H2,1H3,(H,20,21). The summed E-state index contributed by atoms with van der Waals surface area (Å²) < 4.78 is 5.65. The molecule has 0 bridgehead atoms. The van der Waals surface area contributed by atoms with Crippen molar-refractivity contribution in [1.29, 1.82) is 0 Å². The Balaban J connectivity index is 2.14. The molecule has 2 aromatic rings. The van der Waals surface area contributed by atoms with Crippen molar-refractivity contribution in [3.05, 3.63) is 64.2 Å². The van der Waals surface area contributed by atoms with Gasteiger partial charge >= 0.3 is 5.97 Å². The summed E-state index contributed by atoms with van der Waals surface area (Å²) in [6.07, 6.45) is -0.147. The highest BCUT2D eigenvalue weighted by atomic mass is 16.6. The number of hydrogen-bond donors (Lipinski definition) is 2. The van der Waals surface area contributed by atoms with Crippen molar-refractivity contribution in [1.82, 2.24) is 0 Å². The SMILES string of the molecule is CC(CC(=O)O)Nc1cc(OCc2ccccc2)ccc1[N+](=O)[O-]. The number of carboxylic acid groups (broad SMARTS) is 1. The average molecular weight is 330 g/mol. The first-order valence-corrected chi connectivity index (χ1v) is 7.39. The number of ether oxygens (including phenoxy) is 1. The van der Waals surface area contributed by atoms with Crippen molar-refractivity contribution < 1.29 is 19.6 Å². The van der Waals surface area contributed by atoms with E-state index in [0.717, 1.165) is 5.56 Å². The van der Waals surface area contributed by atoms with Gasteiger partial charge in [-0.15, -0.1) is 0 Å². The third-order valence-electron chi connectivity index (χ3n) is 3.30. The van der Waals surface area contributed by atoms with Crippen LogP contribution in [0.4, 0.5) is 11.4 Å². The van der Waals surface area contributed by atoms with E-state index in [1.165, 1.54) is 18.2 Å². The van der Waals surface area contributed by atoms with Crippen molar-refractivity contribution in [2.24, 2.45) is 0 Å². The molecule has 24 heavy (non-hydrogen) atoms. The Morgan fingerprint density at radius 1 is 1.29 bits per heavy atom. The van der Waals surface area contributed by atoms with Gasteiger partial charge in [0.1, 0.15) is 18.0 Å². The molecule has 0 fully saturated rings. The molecule has 2 N–H and O–H groups in total. The molecule has 7 heteroatoms. The Morgan fingerprint density at radius 3 is 2.62 bits per heavy atom. The number of rotatable bonds is 8. The second-order valence-electron chi connectivity index (χ2n) is 5.35. The molecule has 0 spiro atoms. The van der Waals surface area contributed by atoms with Gasteiger partial charge in [0.15, 0.2) is 0 Å². The van der Waals surface area contributed by atoms with E-state index in [1.54, 1.807) is 6.92 Å². The molecule has 126 valence electrons. The molecular formula is C17H18N2O5. The zero-order valence-corrected chi connectivity index (χ0v) is 13.1. The van der Waals surface area contributed by atoms with Crippen LogP contribution in [0.2, 0.25) is 0 Å². The van der Waals surface area contributed by atoms with Crippen LogP contribution < -0.4 is 10.1 Å². The molecule has 0 aliphatic heterocycles. The maximum absolute atomic E-state index is 11.1. The van der Waals surface area contributed by atoms with Crippen LogP contribution in [0.1, 0.15) is 18.9 Å². The number of aliphatic carboxylic acids is 1. The first kappa shape index (κ1) is 17.3. The van der Waals surface area contributed by atoms with Gasteiger partial charge in [0.2, 0.25) is 0 Å². The zero-order chi connectivity index (χ0) is 17.5. The maximum Gasteiger partial charge on any atom is 0.305 e. The van der Waals surface area contributed by atoms with E-state index in [1.807, 2.05) is 30.3 Å². The third-order valence-corrected chi connectivity index (χ3v) is 3.30. The van der Waals surface area contributed by atoms with E-state index in [9.17, 15) is 14.9 Å². The highest BCUT2D eigenvalue weighted by molar-refractivity contribution is 5.70. The van der Waals surface area contributed by atoms with Crippen LogP contribution in [-0.2, 0) is 11.4 Å². The molecule has 0 amide bonds. The number of nitrogens with one attached hydrogen (secondary N) is 1. The molecule has 2 rings (SSSR count). The van der Waals surface area contributed by atoms with Gasteiger partial charge < -0.3 is 15.2 Å². The van der Waals surface area contributed by atoms with Crippen LogP contribution in [0.3, 0.4) is 0 Å². The van der Waals surface area contributed by atoms with Gasteiger partial charge in [-0.1, -0.05) is 30.3 Å². The lowest BCUT2D eigenvalue weighted by molar-refractivity contribution is -0.384. The van der Waals surface area contributed by atoms with Crippen molar-refractivity contribution in [3.63, 3.8) is 0 Å². The van der Waals surface area contributed by atoms with Gasteiger partial charge in [-0.25, -0.2) is 0 Å². The van der Waals surface area contributed by atoms with Crippen LogP contribution in [-0.4, -0.2) is 22.0 Å². The molecule has 0 aromatic heterocycles. The average Bonchev–Trinajstić information content (AvgIpc) is 2.53. The minimum Gasteiger partial charge on any atom is -0.489 e. The summed E-state index contributed by atoms with van der Waals surface area (Å²) >= 11 is 0. The summed E-state index contributed by atoms with van der Waals surface area (Å²) in [6.45, 7) is 1.98. The van der Waals surface area contributed by atoms with E-state index in [0.29, 0.717) is 12.4 Å². The Labute approximate surface area is 139 Å². The van der Waals surface area contributed by atoms with Gasteiger partial charge in [-0.3, -0.25) is 14.9 Å². The van der Waals surface area contributed by atoms with Crippen LogP contribution in [0.15, 0.2) is 48.5 Å². The molecule has 1 atom stereocenters. The molecule has 2 aromatic carbocycles. The first-order chi connectivity index (χ1) is 11.5. The maximum atomic E-state index is 11.1. The fourth-order valence-electron chi connectivity index (χ4n) is 2.20. The predicted octanol–water partition coefficient (Wildman–Crippen LogP) is 3.45. The zero-order valence-electron chi connectivity index (χ0n) is 13.1. The number of carboxylic acids is 1. The summed E-state index contributed by atoms with van der Waals surface area (Å²) in [6, 6.07) is 13.5. The minimum atomic E-state index is -0.978. The lowest BCUT2D eigenvalue weighted by Gasteiger charge is -2.14. The number of benzene rings is 2. The van der Waals surface area contributed by atoms with Gasteiger partial charge in [-0.2, -0.15) is 0 Å². The van der Waals surface area contributed by atoms with Crippen molar-refractivity contribution >= 4 is 17.3 Å². The van der Waals surface area contributed by atoms with E-state index >= 15 is 0 Å². The second-order valence-corrected chi connectivity index (χ2v) is 5.35. The summed E-state index contributed by atoms with van der Waals surface area (Å²) in [5.41, 5.74) is 1.09. The number of nitro benzene ring substituents is 1. The molecule has 0 aliphatic rings. The van der Waals surface area contributed by atoms with Gasteiger partial charge in [-0.05, 0) is 18.6 Å². The highest BCUT2D eigenvalue weighted by Gasteiger charge is 2.17. The summed E-state index contributed by atoms with van der Waals surface area (Å²) in [4.78, 5) is 21.4. The lowest BCUT2D eigenvalue weighted by Crippen LogP contribution is -2.19. The van der Waals surface area contributed by atoms with Crippen molar-refractivity contribution in [2.45, 2.75) is 26.0 Å². The van der Waals surface area contributed by atoms with Crippen LogP contribution in [0.25, 0.3) is 0 Å². The number of hydrogen-bond acceptors (Lipinski definition) is 5. The molecule has 0 radical (unpaired) electrons. The highest BCUT2D eigenvalue weighted by Crippen LogP contribution is 2.30. The fourth-order valence-corrected chi connectivity index (χ4v) is 2.20. The molecule has 0 aliphatic carbocycles. The summed E-state index contributed by atoms with van der Waals surface area (Å²) in [5, 5.41) is 22.8. The first-order valence-electron chi connectivity index (χ1n) is 7.39. The molecule has 1 unspecified atom stereocenters. The Morgan fingerprint density at radius 2 is 2.00 bits per heavy atom. The number of carbonyl (C=O) groups is 1. The minimum absolute atomic E-state index is 0.126. The summed E-state index contributed by atoms with van der Waals surface area (Å²) in [7, 11) is 0. The largest absolute Gasteiger partial charge is 0.489 e. The van der Waals surface area contributed by atoms with Crippen LogP contribution >= 0.6 is 0 Å². The predicted molar refractivity (Wildman–Crippen MR) is 89.2 cm³/mol. The molecular weight excluding hydrogens is 312 g/mol. The van der Waals surface area contributed by atoms with E-state index in [2.05, 4.69) is 5.32 Å². The van der Waals surface area contributed by atoms with Crippen LogP contribution in [0.5, 0.6) is 5.75 Å². The third kappa shape index (κ3) is 4.98. The topological polar surface area (TPSA) is 102 Å².